The first kappa shape index (κ1) is 12.6. The molecule has 0 radical (unpaired) electrons. The van der Waals surface area contributed by atoms with E-state index in [1.165, 1.54) is 19.2 Å². The summed E-state index contributed by atoms with van der Waals surface area (Å²) in [5, 5.41) is 0.300. The van der Waals surface area contributed by atoms with Crippen LogP contribution in [0.15, 0.2) is 12.1 Å². The summed E-state index contributed by atoms with van der Waals surface area (Å²) in [4.78, 5) is 11.1. The van der Waals surface area contributed by atoms with Crippen molar-refractivity contribution in [3.8, 4) is 11.5 Å². The number of rotatable bonds is 4. The molecule has 0 aliphatic rings. The minimum atomic E-state index is -0.557. The lowest BCUT2D eigenvalue weighted by atomic mass is 10.2. The van der Waals surface area contributed by atoms with Crippen LogP contribution in [0.2, 0.25) is 5.02 Å². The largest absolute Gasteiger partial charge is 0.491 e. The molecular formula is C11H14ClNO3. The maximum Gasteiger partial charge on any atom is 0.248 e. The van der Waals surface area contributed by atoms with Crippen molar-refractivity contribution in [2.24, 2.45) is 5.73 Å². The second-order valence-corrected chi connectivity index (χ2v) is 3.93. The van der Waals surface area contributed by atoms with Crippen LogP contribution in [0.4, 0.5) is 0 Å². The zero-order valence-electron chi connectivity index (χ0n) is 9.41. The van der Waals surface area contributed by atoms with Crippen LogP contribution in [0.1, 0.15) is 24.2 Å². The van der Waals surface area contributed by atoms with Crippen LogP contribution in [-0.4, -0.2) is 19.1 Å². The van der Waals surface area contributed by atoms with Crippen molar-refractivity contribution < 1.29 is 14.3 Å². The van der Waals surface area contributed by atoms with E-state index in [0.717, 1.165) is 0 Å². The third kappa shape index (κ3) is 2.79. The predicted octanol–water partition coefficient (Wildman–Crippen LogP) is 2.23. The highest BCUT2D eigenvalue weighted by molar-refractivity contribution is 6.32. The number of hydrogen-bond donors (Lipinski definition) is 1. The molecule has 0 unspecified atom stereocenters. The molecule has 16 heavy (non-hydrogen) atoms. The summed E-state index contributed by atoms with van der Waals surface area (Å²) in [6.07, 6.45) is -0.0481. The number of ether oxygens (including phenoxy) is 2. The third-order valence-corrected chi connectivity index (χ3v) is 2.14. The number of benzene rings is 1. The molecule has 0 aliphatic carbocycles. The quantitative estimate of drug-likeness (QED) is 0.882. The molecule has 88 valence electrons. The Kier molecular flexibility index (Phi) is 4.01. The Balaban J connectivity index is 3.25. The standard InChI is InChI=1S/C11H14ClNO3/c1-6(2)16-9-5-7(11(13)14)4-8(12)10(9)15-3/h4-6H,1-3H3,(H2,13,14). The minimum absolute atomic E-state index is 0.0481. The van der Waals surface area contributed by atoms with E-state index in [1.54, 1.807) is 0 Å². The van der Waals surface area contributed by atoms with E-state index >= 15 is 0 Å². The molecule has 2 N–H and O–H groups in total. The number of halogens is 1. The molecule has 1 amide bonds. The van der Waals surface area contributed by atoms with Crippen molar-refractivity contribution in [1.82, 2.24) is 0 Å². The summed E-state index contributed by atoms with van der Waals surface area (Å²) in [6.45, 7) is 3.73. The molecule has 0 saturated carbocycles. The second-order valence-electron chi connectivity index (χ2n) is 3.52. The normalized spacial score (nSPS) is 10.3. The maximum atomic E-state index is 11.1. The fourth-order valence-corrected chi connectivity index (χ4v) is 1.54. The van der Waals surface area contributed by atoms with E-state index in [-0.39, 0.29) is 6.10 Å². The topological polar surface area (TPSA) is 61.5 Å². The Labute approximate surface area is 99.3 Å². The van der Waals surface area contributed by atoms with Crippen LogP contribution in [0.25, 0.3) is 0 Å². The summed E-state index contributed by atoms with van der Waals surface area (Å²) in [5.41, 5.74) is 5.47. The molecule has 0 fully saturated rings. The highest BCUT2D eigenvalue weighted by atomic mass is 35.5. The van der Waals surface area contributed by atoms with Crippen molar-refractivity contribution >= 4 is 17.5 Å². The van der Waals surface area contributed by atoms with Gasteiger partial charge in [0, 0.05) is 5.56 Å². The SMILES string of the molecule is COc1c(Cl)cc(C(N)=O)cc1OC(C)C. The summed E-state index contributed by atoms with van der Waals surface area (Å²) in [5.74, 6) is 0.261. The third-order valence-electron chi connectivity index (χ3n) is 1.86. The van der Waals surface area contributed by atoms with E-state index in [1.807, 2.05) is 13.8 Å². The Morgan fingerprint density at radius 3 is 2.50 bits per heavy atom. The second kappa shape index (κ2) is 5.07. The fourth-order valence-electron chi connectivity index (χ4n) is 1.25. The van der Waals surface area contributed by atoms with Crippen LogP contribution < -0.4 is 15.2 Å². The van der Waals surface area contributed by atoms with Crippen LogP contribution in [0, 0.1) is 0 Å². The van der Waals surface area contributed by atoms with E-state index in [4.69, 9.17) is 26.8 Å². The van der Waals surface area contributed by atoms with Gasteiger partial charge in [0.2, 0.25) is 5.91 Å². The fraction of sp³-hybridized carbons (Fsp3) is 0.364. The number of amides is 1. The van der Waals surface area contributed by atoms with Gasteiger partial charge in [-0.15, -0.1) is 0 Å². The lowest BCUT2D eigenvalue weighted by Gasteiger charge is -2.15. The van der Waals surface area contributed by atoms with Crippen LogP contribution in [-0.2, 0) is 0 Å². The number of primary amides is 1. The maximum absolute atomic E-state index is 11.1. The zero-order chi connectivity index (χ0) is 12.3. The molecule has 0 aromatic heterocycles. The van der Waals surface area contributed by atoms with Crippen LogP contribution in [0.3, 0.4) is 0 Å². The van der Waals surface area contributed by atoms with Crippen LogP contribution in [0.5, 0.6) is 11.5 Å². The van der Waals surface area contributed by atoms with Gasteiger partial charge in [-0.2, -0.15) is 0 Å². The molecular weight excluding hydrogens is 230 g/mol. The Hall–Kier alpha value is -1.42. The molecule has 1 aromatic rings. The molecule has 0 spiro atoms. The number of carbonyl (C=O) groups excluding carboxylic acids is 1. The molecule has 5 heteroatoms. The van der Waals surface area contributed by atoms with Gasteiger partial charge in [0.05, 0.1) is 18.2 Å². The summed E-state index contributed by atoms with van der Waals surface area (Å²) in [7, 11) is 1.48. The van der Waals surface area contributed by atoms with Gasteiger partial charge in [-0.05, 0) is 26.0 Å². The molecule has 0 heterocycles. The molecule has 0 atom stereocenters. The van der Waals surface area contributed by atoms with Gasteiger partial charge >= 0.3 is 0 Å². The van der Waals surface area contributed by atoms with Gasteiger partial charge in [-0.3, -0.25) is 4.79 Å². The zero-order valence-corrected chi connectivity index (χ0v) is 10.2. The van der Waals surface area contributed by atoms with Crippen molar-refractivity contribution in [2.75, 3.05) is 7.11 Å². The molecule has 0 aliphatic heterocycles. The number of methoxy groups -OCH3 is 1. The molecule has 4 nitrogen and oxygen atoms in total. The van der Waals surface area contributed by atoms with Crippen LogP contribution >= 0.6 is 11.6 Å². The highest BCUT2D eigenvalue weighted by Gasteiger charge is 2.14. The van der Waals surface area contributed by atoms with E-state index in [2.05, 4.69) is 0 Å². The molecule has 0 bridgehead atoms. The first-order chi connectivity index (χ1) is 7.45. The van der Waals surface area contributed by atoms with Crippen molar-refractivity contribution in [3.63, 3.8) is 0 Å². The number of carbonyl (C=O) groups is 1. The van der Waals surface area contributed by atoms with Crippen molar-refractivity contribution in [1.29, 1.82) is 0 Å². The average Bonchev–Trinajstić information content (AvgIpc) is 2.16. The summed E-state index contributed by atoms with van der Waals surface area (Å²) in [6, 6.07) is 2.98. The first-order valence-electron chi connectivity index (χ1n) is 4.79. The molecule has 1 rings (SSSR count). The highest BCUT2D eigenvalue weighted by Crippen LogP contribution is 2.36. The summed E-state index contributed by atoms with van der Waals surface area (Å²) < 4.78 is 10.6. The van der Waals surface area contributed by atoms with Crippen molar-refractivity contribution in [2.45, 2.75) is 20.0 Å². The Morgan fingerprint density at radius 2 is 2.06 bits per heavy atom. The Bertz CT molecular complexity index is 404. The Morgan fingerprint density at radius 1 is 1.44 bits per heavy atom. The summed E-state index contributed by atoms with van der Waals surface area (Å²) >= 11 is 5.95. The van der Waals surface area contributed by atoms with Gasteiger partial charge in [-0.1, -0.05) is 11.6 Å². The van der Waals surface area contributed by atoms with Gasteiger partial charge in [-0.25, -0.2) is 0 Å². The molecule has 0 saturated heterocycles. The number of nitrogens with two attached hydrogens (primary N) is 1. The predicted molar refractivity (Wildman–Crippen MR) is 62.3 cm³/mol. The van der Waals surface area contributed by atoms with E-state index in [0.29, 0.717) is 22.1 Å². The smallest absolute Gasteiger partial charge is 0.248 e. The first-order valence-corrected chi connectivity index (χ1v) is 5.17. The number of hydrogen-bond acceptors (Lipinski definition) is 3. The minimum Gasteiger partial charge on any atom is -0.491 e. The average molecular weight is 244 g/mol. The van der Waals surface area contributed by atoms with Gasteiger partial charge < -0.3 is 15.2 Å². The monoisotopic (exact) mass is 243 g/mol. The lowest BCUT2D eigenvalue weighted by molar-refractivity contribution is 0.0999. The lowest BCUT2D eigenvalue weighted by Crippen LogP contribution is -2.13. The molecule has 1 aromatic carbocycles. The van der Waals surface area contributed by atoms with Gasteiger partial charge in [0.15, 0.2) is 11.5 Å². The van der Waals surface area contributed by atoms with Crippen molar-refractivity contribution in [3.05, 3.63) is 22.7 Å². The van der Waals surface area contributed by atoms with E-state index < -0.39 is 5.91 Å². The van der Waals surface area contributed by atoms with Gasteiger partial charge in [0.1, 0.15) is 0 Å². The van der Waals surface area contributed by atoms with Gasteiger partial charge in [0.25, 0.3) is 0 Å². The van der Waals surface area contributed by atoms with E-state index in [9.17, 15) is 4.79 Å².